The molecule has 2 heterocycles. The van der Waals surface area contributed by atoms with Crippen LogP contribution in [0.5, 0.6) is 11.6 Å². The van der Waals surface area contributed by atoms with Gasteiger partial charge in [-0.15, -0.1) is 11.3 Å². The summed E-state index contributed by atoms with van der Waals surface area (Å²) >= 11 is 7.27. The van der Waals surface area contributed by atoms with Crippen LogP contribution in [0, 0.1) is 0 Å². The zero-order valence-electron chi connectivity index (χ0n) is 10.6. The van der Waals surface area contributed by atoms with E-state index in [2.05, 4.69) is 4.98 Å². The molecule has 0 bridgehead atoms. The molecule has 0 fully saturated rings. The summed E-state index contributed by atoms with van der Waals surface area (Å²) in [5.41, 5.74) is 0.573. The topological polar surface area (TPSA) is 63.8 Å². The van der Waals surface area contributed by atoms with Gasteiger partial charge in [0.25, 0.3) is 0 Å². The Morgan fingerprint density at radius 3 is 2.86 bits per heavy atom. The number of imidazole rings is 1. The van der Waals surface area contributed by atoms with Crippen molar-refractivity contribution < 1.29 is 14.6 Å². The summed E-state index contributed by atoms with van der Waals surface area (Å²) in [4.78, 5) is 15.8. The van der Waals surface area contributed by atoms with Gasteiger partial charge in [-0.1, -0.05) is 11.6 Å². The summed E-state index contributed by atoms with van der Waals surface area (Å²) in [5.74, 6) is -0.102. The number of thiazole rings is 1. The number of aliphatic carboxylic acids is 1. The van der Waals surface area contributed by atoms with E-state index in [0.717, 1.165) is 11.0 Å². The molecule has 0 saturated carbocycles. The molecule has 1 N–H and O–H groups in total. The van der Waals surface area contributed by atoms with Gasteiger partial charge in [-0.3, -0.25) is 4.40 Å². The van der Waals surface area contributed by atoms with Gasteiger partial charge in [0.2, 0.25) is 5.88 Å². The number of carbonyl (C=O) groups is 1. The Kier molecular flexibility index (Phi) is 3.64. The molecule has 106 valence electrons. The molecule has 0 radical (unpaired) electrons. The first-order valence-corrected chi connectivity index (χ1v) is 7.19. The van der Waals surface area contributed by atoms with Gasteiger partial charge in [-0.05, 0) is 30.3 Å². The first-order valence-electron chi connectivity index (χ1n) is 5.93. The predicted molar refractivity (Wildman–Crippen MR) is 81.3 cm³/mol. The zero-order chi connectivity index (χ0) is 14.8. The molecule has 3 rings (SSSR count). The van der Waals surface area contributed by atoms with Gasteiger partial charge in [0.1, 0.15) is 11.4 Å². The average Bonchev–Trinajstić information content (AvgIpc) is 3.00. The highest BCUT2D eigenvalue weighted by molar-refractivity contribution is 7.15. The van der Waals surface area contributed by atoms with Gasteiger partial charge >= 0.3 is 5.97 Å². The van der Waals surface area contributed by atoms with Crippen LogP contribution in [-0.4, -0.2) is 20.5 Å². The highest BCUT2D eigenvalue weighted by Gasteiger charge is 2.13. The fourth-order valence-electron chi connectivity index (χ4n) is 1.77. The lowest BCUT2D eigenvalue weighted by molar-refractivity contribution is -0.131. The standard InChI is InChI=1S/C14H9ClN2O3S/c15-9-1-3-10(4-2-9)20-13-11(5-6-12(18)19)17-7-8-21-14(17)16-13/h1-8H,(H,18,19)/b6-5+. The van der Waals surface area contributed by atoms with Crippen molar-refractivity contribution in [3.63, 3.8) is 0 Å². The molecular weight excluding hydrogens is 312 g/mol. The first kappa shape index (κ1) is 13.7. The van der Waals surface area contributed by atoms with Crippen molar-refractivity contribution in [2.24, 2.45) is 0 Å². The number of halogens is 1. The molecule has 2 aromatic heterocycles. The maximum atomic E-state index is 10.7. The van der Waals surface area contributed by atoms with Crippen molar-refractivity contribution in [3.05, 3.63) is 52.6 Å². The molecule has 0 aliphatic rings. The summed E-state index contributed by atoms with van der Waals surface area (Å²) in [6.07, 6.45) is 4.32. The second-order valence-electron chi connectivity index (χ2n) is 4.09. The lowest BCUT2D eigenvalue weighted by Crippen LogP contribution is -1.91. The monoisotopic (exact) mass is 320 g/mol. The third-order valence-electron chi connectivity index (χ3n) is 2.68. The van der Waals surface area contributed by atoms with Crippen LogP contribution in [0.15, 0.2) is 41.9 Å². The molecule has 21 heavy (non-hydrogen) atoms. The maximum Gasteiger partial charge on any atom is 0.328 e. The van der Waals surface area contributed by atoms with Crippen LogP contribution in [-0.2, 0) is 4.79 Å². The third-order valence-corrected chi connectivity index (χ3v) is 3.69. The Morgan fingerprint density at radius 2 is 2.14 bits per heavy atom. The summed E-state index contributed by atoms with van der Waals surface area (Å²) in [5, 5.41) is 11.3. The number of rotatable bonds is 4. The lowest BCUT2D eigenvalue weighted by Gasteiger charge is -2.03. The molecule has 7 heteroatoms. The fraction of sp³-hybridized carbons (Fsp3) is 0. The number of carboxylic acid groups (broad SMARTS) is 1. The molecular formula is C14H9ClN2O3S. The van der Waals surface area contributed by atoms with E-state index in [9.17, 15) is 4.79 Å². The number of benzene rings is 1. The summed E-state index contributed by atoms with van der Waals surface area (Å²) in [7, 11) is 0. The van der Waals surface area contributed by atoms with E-state index in [4.69, 9.17) is 21.4 Å². The van der Waals surface area contributed by atoms with Crippen LogP contribution >= 0.6 is 22.9 Å². The van der Waals surface area contributed by atoms with E-state index in [1.54, 1.807) is 28.7 Å². The molecule has 0 saturated heterocycles. The van der Waals surface area contributed by atoms with E-state index in [1.807, 2.05) is 11.6 Å². The van der Waals surface area contributed by atoms with Crippen molar-refractivity contribution in [3.8, 4) is 11.6 Å². The van der Waals surface area contributed by atoms with Crippen molar-refractivity contribution in [2.75, 3.05) is 0 Å². The molecule has 0 aliphatic carbocycles. The predicted octanol–water partition coefficient (Wildman–Crippen LogP) is 3.94. The Hall–Kier alpha value is -2.31. The quantitative estimate of drug-likeness (QED) is 0.739. The van der Waals surface area contributed by atoms with Crippen LogP contribution in [0.1, 0.15) is 5.69 Å². The van der Waals surface area contributed by atoms with E-state index < -0.39 is 5.97 Å². The minimum atomic E-state index is -1.03. The van der Waals surface area contributed by atoms with E-state index in [0.29, 0.717) is 22.3 Å². The first-order chi connectivity index (χ1) is 10.1. The zero-order valence-corrected chi connectivity index (χ0v) is 12.1. The van der Waals surface area contributed by atoms with Crippen LogP contribution in [0.25, 0.3) is 11.0 Å². The minimum Gasteiger partial charge on any atom is -0.478 e. The second-order valence-corrected chi connectivity index (χ2v) is 5.39. The summed E-state index contributed by atoms with van der Waals surface area (Å²) in [6, 6.07) is 6.87. The van der Waals surface area contributed by atoms with Gasteiger partial charge in [0.05, 0.1) is 0 Å². The summed E-state index contributed by atoms with van der Waals surface area (Å²) < 4.78 is 7.49. The van der Waals surface area contributed by atoms with Gasteiger partial charge in [-0.2, -0.15) is 4.98 Å². The van der Waals surface area contributed by atoms with Crippen molar-refractivity contribution in [2.45, 2.75) is 0 Å². The molecule has 3 aromatic rings. The number of nitrogens with zero attached hydrogens (tertiary/aromatic N) is 2. The normalized spacial score (nSPS) is 11.3. The smallest absolute Gasteiger partial charge is 0.328 e. The largest absolute Gasteiger partial charge is 0.478 e. The Bertz CT molecular complexity index is 820. The number of hydrogen-bond acceptors (Lipinski definition) is 4. The molecule has 0 amide bonds. The Labute approximate surface area is 128 Å². The van der Waals surface area contributed by atoms with Gasteiger partial charge in [0.15, 0.2) is 4.96 Å². The highest BCUT2D eigenvalue weighted by atomic mass is 35.5. The van der Waals surface area contributed by atoms with Crippen LogP contribution in [0.4, 0.5) is 0 Å². The Morgan fingerprint density at radius 1 is 1.38 bits per heavy atom. The van der Waals surface area contributed by atoms with Crippen LogP contribution < -0.4 is 4.74 Å². The van der Waals surface area contributed by atoms with Crippen molar-refractivity contribution in [1.82, 2.24) is 9.38 Å². The number of aromatic nitrogens is 2. The molecule has 0 aliphatic heterocycles. The lowest BCUT2D eigenvalue weighted by atomic mass is 10.3. The molecule has 1 aromatic carbocycles. The second kappa shape index (κ2) is 5.59. The minimum absolute atomic E-state index is 0.349. The van der Waals surface area contributed by atoms with Crippen LogP contribution in [0.2, 0.25) is 5.02 Å². The fourth-order valence-corrected chi connectivity index (χ4v) is 2.61. The SMILES string of the molecule is O=C(O)/C=C/c1c(Oc2ccc(Cl)cc2)nc2sccn12. The maximum absolute atomic E-state index is 10.7. The number of hydrogen-bond donors (Lipinski definition) is 1. The van der Waals surface area contributed by atoms with Crippen molar-refractivity contribution >= 4 is 39.9 Å². The van der Waals surface area contributed by atoms with Crippen molar-refractivity contribution in [1.29, 1.82) is 0 Å². The molecule has 0 spiro atoms. The number of fused-ring (bicyclic) bond motifs is 1. The Balaban J connectivity index is 2.00. The van der Waals surface area contributed by atoms with Gasteiger partial charge in [-0.25, -0.2) is 4.79 Å². The summed E-state index contributed by atoms with van der Waals surface area (Å²) in [6.45, 7) is 0. The highest BCUT2D eigenvalue weighted by Crippen LogP contribution is 2.29. The van der Waals surface area contributed by atoms with E-state index in [-0.39, 0.29) is 0 Å². The molecule has 0 unspecified atom stereocenters. The van der Waals surface area contributed by atoms with Crippen LogP contribution in [0.3, 0.4) is 0 Å². The third kappa shape index (κ3) is 2.91. The average molecular weight is 321 g/mol. The number of carboxylic acids is 1. The molecule has 0 atom stereocenters. The molecule has 5 nitrogen and oxygen atoms in total. The van der Waals surface area contributed by atoms with Gasteiger partial charge < -0.3 is 9.84 Å². The van der Waals surface area contributed by atoms with E-state index in [1.165, 1.54) is 17.4 Å². The van der Waals surface area contributed by atoms with E-state index >= 15 is 0 Å². The number of ether oxygens (including phenoxy) is 1. The van der Waals surface area contributed by atoms with Gasteiger partial charge in [0, 0.05) is 22.7 Å².